The summed E-state index contributed by atoms with van der Waals surface area (Å²) in [4.78, 5) is 12.2. The highest BCUT2D eigenvalue weighted by molar-refractivity contribution is 7.91. The van der Waals surface area contributed by atoms with Crippen LogP contribution in [0, 0.1) is 5.82 Å². The zero-order valence-corrected chi connectivity index (χ0v) is 19.3. The maximum atomic E-state index is 13.0. The summed E-state index contributed by atoms with van der Waals surface area (Å²) in [7, 11) is -7.44. The summed E-state index contributed by atoms with van der Waals surface area (Å²) in [6.07, 6.45) is -0.722. The molecule has 1 N–H and O–H groups in total. The summed E-state index contributed by atoms with van der Waals surface area (Å²) in [5.74, 6) is -1.53. The second kappa shape index (κ2) is 9.65. The molecule has 32 heavy (non-hydrogen) atoms. The SMILES string of the molecule is C[C@@H]1CN(S(=O)(=O)c2ccc(NC(=O)CCS(=O)(=O)c3ccc(F)cc3)cc2)C[C@H](C)O1. The molecule has 1 aliphatic heterocycles. The molecule has 174 valence electrons. The van der Waals surface area contributed by atoms with Gasteiger partial charge in [-0.2, -0.15) is 4.31 Å². The third-order valence-electron chi connectivity index (χ3n) is 4.93. The molecule has 0 saturated carbocycles. The summed E-state index contributed by atoms with van der Waals surface area (Å²) in [6.45, 7) is 4.14. The fourth-order valence-corrected chi connectivity index (χ4v) is 6.23. The van der Waals surface area contributed by atoms with E-state index in [-0.39, 0.29) is 41.5 Å². The number of ether oxygens (including phenoxy) is 1. The normalized spacial score (nSPS) is 20.1. The summed E-state index contributed by atoms with van der Waals surface area (Å²) in [6, 6.07) is 10.1. The first-order chi connectivity index (χ1) is 15.0. The molecule has 0 radical (unpaired) electrons. The molecule has 1 saturated heterocycles. The van der Waals surface area contributed by atoms with Crippen molar-refractivity contribution in [3.63, 3.8) is 0 Å². The zero-order valence-electron chi connectivity index (χ0n) is 17.7. The van der Waals surface area contributed by atoms with E-state index < -0.39 is 37.3 Å². The first-order valence-corrected chi connectivity index (χ1v) is 13.1. The van der Waals surface area contributed by atoms with Crippen LogP contribution in [-0.2, 0) is 29.4 Å². The molecule has 1 fully saturated rings. The lowest BCUT2D eigenvalue weighted by molar-refractivity contribution is -0.115. The highest BCUT2D eigenvalue weighted by Gasteiger charge is 2.32. The Kier molecular flexibility index (Phi) is 7.33. The number of amides is 1. The minimum absolute atomic E-state index is 0.0620. The fraction of sp³-hybridized carbons (Fsp3) is 0.381. The Balaban J connectivity index is 1.60. The van der Waals surface area contributed by atoms with Gasteiger partial charge in [0.15, 0.2) is 9.84 Å². The predicted octanol–water partition coefficient (Wildman–Crippen LogP) is 2.43. The number of anilines is 1. The lowest BCUT2D eigenvalue weighted by Gasteiger charge is -2.34. The topological polar surface area (TPSA) is 110 Å². The van der Waals surface area contributed by atoms with Crippen LogP contribution in [0.1, 0.15) is 20.3 Å². The number of nitrogens with zero attached hydrogens (tertiary/aromatic N) is 1. The van der Waals surface area contributed by atoms with E-state index in [1.54, 1.807) is 0 Å². The second-order valence-electron chi connectivity index (χ2n) is 7.67. The van der Waals surface area contributed by atoms with Gasteiger partial charge in [0.05, 0.1) is 27.8 Å². The van der Waals surface area contributed by atoms with E-state index in [0.29, 0.717) is 5.69 Å². The Morgan fingerprint density at radius 3 is 2.06 bits per heavy atom. The van der Waals surface area contributed by atoms with Crippen LogP contribution in [0.15, 0.2) is 58.3 Å². The number of rotatable bonds is 7. The molecular weight excluding hydrogens is 459 g/mol. The standard InChI is InChI=1S/C21H25FN2O6S2/c1-15-13-24(14-16(2)30-15)32(28,29)20-9-5-18(6-10-20)23-21(25)11-12-31(26,27)19-7-3-17(22)4-8-19/h3-10,15-16H,11-14H2,1-2H3,(H,23,25)/t15-,16+. The average molecular weight is 485 g/mol. The molecule has 3 rings (SSSR count). The molecular formula is C21H25FN2O6S2. The Hall–Kier alpha value is -2.34. The highest BCUT2D eigenvalue weighted by Crippen LogP contribution is 2.22. The van der Waals surface area contributed by atoms with Crippen molar-refractivity contribution in [2.45, 2.75) is 42.3 Å². The Morgan fingerprint density at radius 2 is 1.50 bits per heavy atom. The molecule has 11 heteroatoms. The quantitative estimate of drug-likeness (QED) is 0.605. The number of nitrogens with one attached hydrogen (secondary N) is 1. The van der Waals surface area contributed by atoms with Gasteiger partial charge < -0.3 is 10.1 Å². The lowest BCUT2D eigenvalue weighted by atomic mass is 10.3. The van der Waals surface area contributed by atoms with Crippen LogP contribution in [0.2, 0.25) is 0 Å². The third kappa shape index (κ3) is 5.91. The lowest BCUT2D eigenvalue weighted by Crippen LogP contribution is -2.48. The molecule has 2 aromatic carbocycles. The number of morpholine rings is 1. The maximum absolute atomic E-state index is 13.0. The number of carbonyl (C=O) groups excluding carboxylic acids is 1. The van der Waals surface area contributed by atoms with Crippen LogP contribution in [-0.4, -0.2) is 58.1 Å². The van der Waals surface area contributed by atoms with Crippen molar-refractivity contribution in [2.24, 2.45) is 0 Å². The monoisotopic (exact) mass is 484 g/mol. The maximum Gasteiger partial charge on any atom is 0.243 e. The van der Waals surface area contributed by atoms with Crippen LogP contribution in [0.3, 0.4) is 0 Å². The summed E-state index contributed by atoms with van der Waals surface area (Å²) >= 11 is 0. The van der Waals surface area contributed by atoms with Gasteiger partial charge >= 0.3 is 0 Å². The molecule has 0 spiro atoms. The fourth-order valence-electron chi connectivity index (χ4n) is 3.40. The zero-order chi connectivity index (χ0) is 23.5. The van der Waals surface area contributed by atoms with Gasteiger partial charge in [-0.05, 0) is 62.4 Å². The summed E-state index contributed by atoms with van der Waals surface area (Å²) in [5, 5.41) is 2.56. The van der Waals surface area contributed by atoms with E-state index in [1.165, 1.54) is 28.6 Å². The molecule has 1 amide bonds. The smallest absolute Gasteiger partial charge is 0.243 e. The number of halogens is 1. The van der Waals surface area contributed by atoms with Gasteiger partial charge in [0.1, 0.15) is 5.82 Å². The number of benzene rings is 2. The first kappa shape index (κ1) is 24.3. The van der Waals surface area contributed by atoms with Crippen molar-refractivity contribution in [2.75, 3.05) is 24.2 Å². The Bertz CT molecular complexity index is 1160. The first-order valence-electron chi connectivity index (χ1n) is 10.0. The van der Waals surface area contributed by atoms with E-state index in [9.17, 15) is 26.0 Å². The van der Waals surface area contributed by atoms with Gasteiger partial charge in [0.2, 0.25) is 15.9 Å². The van der Waals surface area contributed by atoms with Gasteiger partial charge in [0.25, 0.3) is 0 Å². The molecule has 2 aromatic rings. The van der Waals surface area contributed by atoms with E-state index in [2.05, 4.69) is 5.32 Å². The van der Waals surface area contributed by atoms with Gasteiger partial charge in [-0.15, -0.1) is 0 Å². The van der Waals surface area contributed by atoms with Crippen LogP contribution in [0.5, 0.6) is 0 Å². The molecule has 8 nitrogen and oxygen atoms in total. The van der Waals surface area contributed by atoms with Crippen molar-refractivity contribution < 1.29 is 30.8 Å². The molecule has 0 aromatic heterocycles. The summed E-state index contributed by atoms with van der Waals surface area (Å²) in [5.41, 5.74) is 0.344. The molecule has 0 aliphatic carbocycles. The van der Waals surface area contributed by atoms with Crippen molar-refractivity contribution in [3.05, 3.63) is 54.3 Å². The molecule has 2 atom stereocenters. The second-order valence-corrected chi connectivity index (χ2v) is 11.7. The minimum Gasteiger partial charge on any atom is -0.373 e. The predicted molar refractivity (Wildman–Crippen MR) is 117 cm³/mol. The Labute approximate surface area is 187 Å². The number of hydrogen-bond donors (Lipinski definition) is 1. The number of sulfonamides is 1. The van der Waals surface area contributed by atoms with Gasteiger partial charge in [-0.3, -0.25) is 4.79 Å². The van der Waals surface area contributed by atoms with E-state index >= 15 is 0 Å². The number of hydrogen-bond acceptors (Lipinski definition) is 6. The van der Waals surface area contributed by atoms with Gasteiger partial charge in [-0.25, -0.2) is 21.2 Å². The third-order valence-corrected chi connectivity index (χ3v) is 8.51. The van der Waals surface area contributed by atoms with E-state index in [1.807, 2.05) is 13.8 Å². The van der Waals surface area contributed by atoms with Crippen LogP contribution >= 0.6 is 0 Å². The molecule has 1 heterocycles. The minimum atomic E-state index is -3.73. The van der Waals surface area contributed by atoms with Crippen molar-refractivity contribution in [3.8, 4) is 0 Å². The van der Waals surface area contributed by atoms with Crippen LogP contribution < -0.4 is 5.32 Å². The van der Waals surface area contributed by atoms with E-state index in [0.717, 1.165) is 24.3 Å². The summed E-state index contributed by atoms with van der Waals surface area (Å²) < 4.78 is 70.2. The number of carbonyl (C=O) groups is 1. The molecule has 0 unspecified atom stereocenters. The molecule has 0 bridgehead atoms. The van der Waals surface area contributed by atoms with Gasteiger partial charge in [-0.1, -0.05) is 0 Å². The van der Waals surface area contributed by atoms with Crippen LogP contribution in [0.25, 0.3) is 0 Å². The highest BCUT2D eigenvalue weighted by atomic mass is 32.2. The average Bonchev–Trinajstić information content (AvgIpc) is 2.72. The van der Waals surface area contributed by atoms with Crippen molar-refractivity contribution in [1.82, 2.24) is 4.31 Å². The van der Waals surface area contributed by atoms with Gasteiger partial charge in [0, 0.05) is 25.2 Å². The Morgan fingerprint density at radius 1 is 0.969 bits per heavy atom. The van der Waals surface area contributed by atoms with Crippen molar-refractivity contribution in [1.29, 1.82) is 0 Å². The van der Waals surface area contributed by atoms with E-state index in [4.69, 9.17) is 4.74 Å². The molecule has 1 aliphatic rings. The largest absolute Gasteiger partial charge is 0.373 e. The van der Waals surface area contributed by atoms with Crippen molar-refractivity contribution >= 4 is 31.5 Å². The van der Waals surface area contributed by atoms with Crippen LogP contribution in [0.4, 0.5) is 10.1 Å². The number of sulfone groups is 1.